The fourth-order valence-electron chi connectivity index (χ4n) is 1.66. The summed E-state index contributed by atoms with van der Waals surface area (Å²) in [7, 11) is 0. The van der Waals surface area contributed by atoms with E-state index in [0.717, 1.165) is 0 Å². The van der Waals surface area contributed by atoms with Crippen LogP contribution in [-0.2, 0) is 4.79 Å². The SMILES string of the molecule is C=C(F)C(=O)N(c1ccccc1)c1ccccc1. The standard InChI is InChI=1S/C15H12FNO/c1-12(16)15(18)17(13-8-4-2-5-9-13)14-10-6-3-7-11-14/h2-11H,1H2. The molecule has 0 aliphatic rings. The molecule has 0 aliphatic heterocycles. The Morgan fingerprint density at radius 2 is 1.28 bits per heavy atom. The Bertz CT molecular complexity index is 512. The first-order chi connectivity index (χ1) is 8.70. The van der Waals surface area contributed by atoms with Crippen molar-refractivity contribution in [3.05, 3.63) is 73.1 Å². The number of nitrogens with zero attached hydrogens (tertiary/aromatic N) is 1. The third-order valence-electron chi connectivity index (χ3n) is 2.46. The Hall–Kier alpha value is -2.42. The maximum atomic E-state index is 13.1. The number of rotatable bonds is 3. The van der Waals surface area contributed by atoms with Crippen molar-refractivity contribution in [3.63, 3.8) is 0 Å². The Balaban J connectivity index is 2.48. The number of hydrogen-bond donors (Lipinski definition) is 0. The first kappa shape index (κ1) is 12.0. The second-order valence-corrected chi connectivity index (χ2v) is 3.72. The molecular weight excluding hydrogens is 229 g/mol. The van der Waals surface area contributed by atoms with Crippen LogP contribution in [0.15, 0.2) is 73.1 Å². The molecule has 0 saturated heterocycles. The van der Waals surface area contributed by atoms with E-state index in [0.29, 0.717) is 11.4 Å². The van der Waals surface area contributed by atoms with Gasteiger partial charge in [0.05, 0.1) is 0 Å². The molecule has 0 bridgehead atoms. The molecule has 0 fully saturated rings. The molecule has 1 amide bonds. The summed E-state index contributed by atoms with van der Waals surface area (Å²) in [5, 5.41) is 0. The van der Waals surface area contributed by atoms with Gasteiger partial charge >= 0.3 is 0 Å². The molecule has 0 atom stereocenters. The van der Waals surface area contributed by atoms with Crippen LogP contribution in [0.2, 0.25) is 0 Å². The summed E-state index contributed by atoms with van der Waals surface area (Å²) in [6.45, 7) is 3.07. The van der Waals surface area contributed by atoms with Crippen LogP contribution in [0.25, 0.3) is 0 Å². The van der Waals surface area contributed by atoms with Crippen molar-refractivity contribution in [3.8, 4) is 0 Å². The average Bonchev–Trinajstić information content (AvgIpc) is 2.41. The van der Waals surface area contributed by atoms with Crippen LogP contribution in [0.5, 0.6) is 0 Å². The fraction of sp³-hybridized carbons (Fsp3) is 0. The lowest BCUT2D eigenvalue weighted by molar-refractivity contribution is -0.115. The van der Waals surface area contributed by atoms with Gasteiger partial charge in [0, 0.05) is 11.4 Å². The van der Waals surface area contributed by atoms with Crippen LogP contribution in [0.3, 0.4) is 0 Å². The van der Waals surface area contributed by atoms with E-state index in [1.165, 1.54) is 4.90 Å². The van der Waals surface area contributed by atoms with Gasteiger partial charge in [-0.05, 0) is 24.3 Å². The molecule has 2 rings (SSSR count). The lowest BCUT2D eigenvalue weighted by atomic mass is 10.2. The number of hydrogen-bond acceptors (Lipinski definition) is 1. The van der Waals surface area contributed by atoms with Gasteiger partial charge < -0.3 is 0 Å². The van der Waals surface area contributed by atoms with Gasteiger partial charge in [-0.1, -0.05) is 43.0 Å². The van der Waals surface area contributed by atoms with Crippen molar-refractivity contribution in [2.24, 2.45) is 0 Å². The minimum atomic E-state index is -0.984. The van der Waals surface area contributed by atoms with E-state index >= 15 is 0 Å². The van der Waals surface area contributed by atoms with Crippen molar-refractivity contribution in [2.45, 2.75) is 0 Å². The lowest BCUT2D eigenvalue weighted by Gasteiger charge is -2.21. The summed E-state index contributed by atoms with van der Waals surface area (Å²) >= 11 is 0. The van der Waals surface area contributed by atoms with Crippen LogP contribution in [0, 0.1) is 0 Å². The van der Waals surface area contributed by atoms with Gasteiger partial charge in [-0.25, -0.2) is 4.39 Å². The summed E-state index contributed by atoms with van der Waals surface area (Å²) in [6, 6.07) is 17.8. The quantitative estimate of drug-likeness (QED) is 0.748. The maximum Gasteiger partial charge on any atom is 0.290 e. The van der Waals surface area contributed by atoms with E-state index in [4.69, 9.17) is 0 Å². The topological polar surface area (TPSA) is 20.3 Å². The first-order valence-corrected chi connectivity index (χ1v) is 5.49. The molecule has 0 radical (unpaired) electrons. The molecular formula is C15H12FNO. The van der Waals surface area contributed by atoms with E-state index in [1.807, 2.05) is 12.1 Å². The van der Waals surface area contributed by atoms with Crippen molar-refractivity contribution in [1.82, 2.24) is 0 Å². The summed E-state index contributed by atoms with van der Waals surface area (Å²) in [4.78, 5) is 13.2. The highest BCUT2D eigenvalue weighted by Gasteiger charge is 2.20. The van der Waals surface area contributed by atoms with E-state index < -0.39 is 11.7 Å². The van der Waals surface area contributed by atoms with Crippen molar-refractivity contribution < 1.29 is 9.18 Å². The molecule has 2 aromatic carbocycles. The molecule has 18 heavy (non-hydrogen) atoms. The van der Waals surface area contributed by atoms with Gasteiger partial charge in [0.15, 0.2) is 5.83 Å². The maximum absolute atomic E-state index is 13.1. The van der Waals surface area contributed by atoms with E-state index in [1.54, 1.807) is 48.5 Å². The van der Waals surface area contributed by atoms with Crippen molar-refractivity contribution in [2.75, 3.05) is 4.90 Å². The monoisotopic (exact) mass is 241 g/mol. The minimum absolute atomic E-state index is 0.604. The van der Waals surface area contributed by atoms with E-state index in [-0.39, 0.29) is 0 Å². The molecule has 0 saturated carbocycles. The molecule has 2 nitrogen and oxygen atoms in total. The summed E-state index contributed by atoms with van der Waals surface area (Å²) < 4.78 is 13.1. The molecule has 0 heterocycles. The van der Waals surface area contributed by atoms with Gasteiger partial charge in [-0.15, -0.1) is 0 Å². The number of halogens is 1. The Kier molecular flexibility index (Phi) is 3.53. The average molecular weight is 241 g/mol. The molecule has 0 aromatic heterocycles. The van der Waals surface area contributed by atoms with Crippen molar-refractivity contribution >= 4 is 17.3 Å². The highest BCUT2D eigenvalue weighted by atomic mass is 19.1. The Morgan fingerprint density at radius 1 is 0.889 bits per heavy atom. The van der Waals surface area contributed by atoms with Gasteiger partial charge in [0.2, 0.25) is 0 Å². The molecule has 2 aromatic rings. The minimum Gasteiger partial charge on any atom is -0.275 e. The Labute approximate surface area is 105 Å². The number of amides is 1. The first-order valence-electron chi connectivity index (χ1n) is 5.49. The summed E-state index contributed by atoms with van der Waals surface area (Å²) in [6.07, 6.45) is 0. The zero-order chi connectivity index (χ0) is 13.0. The second kappa shape index (κ2) is 5.27. The van der Waals surface area contributed by atoms with Crippen molar-refractivity contribution in [1.29, 1.82) is 0 Å². The second-order valence-electron chi connectivity index (χ2n) is 3.72. The summed E-state index contributed by atoms with van der Waals surface area (Å²) in [5.74, 6) is -1.74. The number of carbonyl (C=O) groups is 1. The molecule has 0 unspecified atom stereocenters. The molecule has 0 N–H and O–H groups in total. The zero-order valence-electron chi connectivity index (χ0n) is 9.71. The Morgan fingerprint density at radius 3 is 1.61 bits per heavy atom. The number of anilines is 2. The third-order valence-corrected chi connectivity index (χ3v) is 2.46. The van der Waals surface area contributed by atoms with E-state index in [9.17, 15) is 9.18 Å². The molecule has 0 aliphatic carbocycles. The van der Waals surface area contributed by atoms with Gasteiger partial charge in [0.1, 0.15) is 0 Å². The van der Waals surface area contributed by atoms with Gasteiger partial charge in [-0.2, -0.15) is 0 Å². The predicted octanol–water partition coefficient (Wildman–Crippen LogP) is 3.83. The highest BCUT2D eigenvalue weighted by Crippen LogP contribution is 2.26. The molecule has 3 heteroatoms. The van der Waals surface area contributed by atoms with Gasteiger partial charge in [-0.3, -0.25) is 9.69 Å². The van der Waals surface area contributed by atoms with Crippen LogP contribution in [0.4, 0.5) is 15.8 Å². The van der Waals surface area contributed by atoms with Gasteiger partial charge in [0.25, 0.3) is 5.91 Å². The highest BCUT2D eigenvalue weighted by molar-refractivity contribution is 6.08. The molecule has 0 spiro atoms. The van der Waals surface area contributed by atoms with Crippen LogP contribution in [0.1, 0.15) is 0 Å². The van der Waals surface area contributed by atoms with E-state index in [2.05, 4.69) is 6.58 Å². The number of para-hydroxylation sites is 2. The van der Waals surface area contributed by atoms with Crippen LogP contribution >= 0.6 is 0 Å². The zero-order valence-corrected chi connectivity index (χ0v) is 9.71. The number of benzene rings is 2. The fourth-order valence-corrected chi connectivity index (χ4v) is 1.66. The largest absolute Gasteiger partial charge is 0.290 e. The van der Waals surface area contributed by atoms with Crippen LogP contribution in [-0.4, -0.2) is 5.91 Å². The summed E-state index contributed by atoms with van der Waals surface area (Å²) in [5.41, 5.74) is 1.21. The normalized spacial score (nSPS) is 9.83. The predicted molar refractivity (Wildman–Crippen MR) is 70.3 cm³/mol. The molecule has 90 valence electrons. The van der Waals surface area contributed by atoms with Crippen LogP contribution < -0.4 is 4.90 Å². The number of carbonyl (C=O) groups excluding carboxylic acids is 1. The lowest BCUT2D eigenvalue weighted by Crippen LogP contribution is -2.25. The smallest absolute Gasteiger partial charge is 0.275 e. The third kappa shape index (κ3) is 2.46.